The van der Waals surface area contributed by atoms with Crippen LogP contribution in [0.3, 0.4) is 0 Å². The molecule has 1 aliphatic rings. The van der Waals surface area contributed by atoms with E-state index in [1.807, 2.05) is 46.0 Å². The first kappa shape index (κ1) is 17.0. The van der Waals surface area contributed by atoms with Gasteiger partial charge in [-0.1, -0.05) is 24.3 Å². The lowest BCUT2D eigenvalue weighted by Gasteiger charge is -2.15. The number of H-pyrrole nitrogens is 1. The standard InChI is InChI=1S/C20H21N3O2S/c24-12-16-3-1-2-14(9-16)8-15-4-6-23(11-15)20(25)19-10-18(21-22-19)17-5-7-26-13-17/h1-3,5,7,9-10,13,15,24H,4,6,8,11-12H2,(H,21,22). The van der Waals surface area contributed by atoms with Crippen molar-refractivity contribution < 1.29 is 9.90 Å². The Bertz CT molecular complexity index is 888. The van der Waals surface area contributed by atoms with E-state index in [-0.39, 0.29) is 12.5 Å². The Balaban J connectivity index is 1.39. The Hall–Kier alpha value is -2.44. The fourth-order valence-corrected chi connectivity index (χ4v) is 4.18. The number of aromatic amines is 1. The molecule has 0 radical (unpaired) electrons. The molecule has 0 aliphatic carbocycles. The number of thiophene rings is 1. The van der Waals surface area contributed by atoms with Crippen molar-refractivity contribution >= 4 is 17.2 Å². The Kier molecular flexibility index (Phi) is 4.86. The number of aliphatic hydroxyl groups excluding tert-OH is 1. The van der Waals surface area contributed by atoms with Gasteiger partial charge in [0, 0.05) is 24.0 Å². The number of carbonyl (C=O) groups is 1. The molecule has 0 bridgehead atoms. The SMILES string of the molecule is O=C(c1cc(-c2ccsc2)n[nH]1)N1CCC(Cc2cccc(CO)c2)C1. The van der Waals surface area contributed by atoms with E-state index in [0.717, 1.165) is 42.8 Å². The van der Waals surface area contributed by atoms with Crippen molar-refractivity contribution in [1.29, 1.82) is 0 Å². The highest BCUT2D eigenvalue weighted by Crippen LogP contribution is 2.25. The van der Waals surface area contributed by atoms with Gasteiger partial charge in [-0.05, 0) is 47.4 Å². The molecule has 4 rings (SSSR count). The maximum atomic E-state index is 12.8. The molecule has 1 saturated heterocycles. The third-order valence-corrected chi connectivity index (χ3v) is 5.58. The van der Waals surface area contributed by atoms with Crippen LogP contribution in [0.2, 0.25) is 0 Å². The van der Waals surface area contributed by atoms with Gasteiger partial charge < -0.3 is 10.0 Å². The summed E-state index contributed by atoms with van der Waals surface area (Å²) in [5.74, 6) is 0.470. The van der Waals surface area contributed by atoms with Crippen LogP contribution in [-0.4, -0.2) is 39.2 Å². The zero-order valence-electron chi connectivity index (χ0n) is 14.4. The average Bonchev–Trinajstić information content (AvgIpc) is 3.41. The van der Waals surface area contributed by atoms with Crippen molar-refractivity contribution in [2.45, 2.75) is 19.4 Å². The first-order valence-corrected chi connectivity index (χ1v) is 9.73. The predicted octanol–water partition coefficient (Wildman–Crippen LogP) is 3.34. The molecule has 1 atom stereocenters. The van der Waals surface area contributed by atoms with Crippen LogP contribution in [0.15, 0.2) is 47.2 Å². The maximum Gasteiger partial charge on any atom is 0.271 e. The van der Waals surface area contributed by atoms with E-state index in [1.165, 1.54) is 5.56 Å². The van der Waals surface area contributed by atoms with Crippen molar-refractivity contribution in [1.82, 2.24) is 15.1 Å². The van der Waals surface area contributed by atoms with Crippen LogP contribution in [0.25, 0.3) is 11.3 Å². The third kappa shape index (κ3) is 3.57. The minimum atomic E-state index is 0.0191. The third-order valence-electron chi connectivity index (χ3n) is 4.90. The van der Waals surface area contributed by atoms with Gasteiger partial charge in [-0.3, -0.25) is 9.89 Å². The number of nitrogens with one attached hydrogen (secondary N) is 1. The van der Waals surface area contributed by atoms with Gasteiger partial charge in [-0.25, -0.2) is 0 Å². The molecule has 26 heavy (non-hydrogen) atoms. The zero-order chi connectivity index (χ0) is 17.9. The van der Waals surface area contributed by atoms with E-state index in [4.69, 9.17) is 0 Å². The van der Waals surface area contributed by atoms with Gasteiger partial charge >= 0.3 is 0 Å². The van der Waals surface area contributed by atoms with Gasteiger partial charge in [-0.15, -0.1) is 0 Å². The first-order chi connectivity index (χ1) is 12.7. The number of amides is 1. The molecular formula is C20H21N3O2S. The summed E-state index contributed by atoms with van der Waals surface area (Å²) in [4.78, 5) is 14.7. The Morgan fingerprint density at radius 1 is 1.31 bits per heavy atom. The van der Waals surface area contributed by atoms with Crippen LogP contribution in [0.5, 0.6) is 0 Å². The summed E-state index contributed by atoms with van der Waals surface area (Å²) in [6.07, 6.45) is 1.93. The number of benzene rings is 1. The van der Waals surface area contributed by atoms with Gasteiger partial charge in [0.2, 0.25) is 0 Å². The topological polar surface area (TPSA) is 69.2 Å². The van der Waals surface area contributed by atoms with Crippen LogP contribution in [0, 0.1) is 5.92 Å². The number of nitrogens with zero attached hydrogens (tertiary/aromatic N) is 2. The molecule has 0 saturated carbocycles. The maximum absolute atomic E-state index is 12.8. The highest BCUT2D eigenvalue weighted by atomic mass is 32.1. The monoisotopic (exact) mass is 367 g/mol. The van der Waals surface area contributed by atoms with Gasteiger partial charge in [0.15, 0.2) is 0 Å². The largest absolute Gasteiger partial charge is 0.392 e. The minimum absolute atomic E-state index is 0.0191. The smallest absolute Gasteiger partial charge is 0.271 e. The van der Waals surface area contributed by atoms with Crippen LogP contribution >= 0.6 is 11.3 Å². The summed E-state index contributed by atoms with van der Waals surface area (Å²) in [7, 11) is 0. The fourth-order valence-electron chi connectivity index (χ4n) is 3.53. The summed E-state index contributed by atoms with van der Waals surface area (Å²) in [6.45, 7) is 1.60. The molecular weight excluding hydrogens is 346 g/mol. The van der Waals surface area contributed by atoms with Crippen LogP contribution in [-0.2, 0) is 13.0 Å². The summed E-state index contributed by atoms with van der Waals surface area (Å²) >= 11 is 1.62. The Labute approximate surface area is 156 Å². The van der Waals surface area contributed by atoms with Crippen LogP contribution < -0.4 is 0 Å². The van der Waals surface area contributed by atoms with Crippen molar-refractivity contribution in [2.24, 2.45) is 5.92 Å². The molecule has 3 aromatic rings. The van der Waals surface area contributed by atoms with E-state index >= 15 is 0 Å². The summed E-state index contributed by atoms with van der Waals surface area (Å²) in [5.41, 5.74) is 4.55. The van der Waals surface area contributed by atoms with Crippen LogP contribution in [0.1, 0.15) is 28.0 Å². The summed E-state index contributed by atoms with van der Waals surface area (Å²) < 4.78 is 0. The van der Waals surface area contributed by atoms with E-state index in [1.54, 1.807) is 11.3 Å². The molecule has 1 aliphatic heterocycles. The predicted molar refractivity (Wildman–Crippen MR) is 102 cm³/mol. The molecule has 5 nitrogen and oxygen atoms in total. The molecule has 1 unspecified atom stereocenters. The quantitative estimate of drug-likeness (QED) is 0.727. The molecule has 0 spiro atoms. The number of rotatable bonds is 5. The van der Waals surface area contributed by atoms with Crippen molar-refractivity contribution in [3.8, 4) is 11.3 Å². The van der Waals surface area contributed by atoms with Gasteiger partial charge in [0.05, 0.1) is 12.3 Å². The fraction of sp³-hybridized carbons (Fsp3) is 0.300. The molecule has 3 heterocycles. The average molecular weight is 367 g/mol. The number of hydrogen-bond acceptors (Lipinski definition) is 4. The first-order valence-electron chi connectivity index (χ1n) is 8.79. The highest BCUT2D eigenvalue weighted by Gasteiger charge is 2.28. The second-order valence-electron chi connectivity index (χ2n) is 6.77. The lowest BCUT2D eigenvalue weighted by Crippen LogP contribution is -2.29. The van der Waals surface area contributed by atoms with E-state index < -0.39 is 0 Å². The lowest BCUT2D eigenvalue weighted by molar-refractivity contribution is 0.0781. The van der Waals surface area contributed by atoms with Gasteiger partial charge in [-0.2, -0.15) is 16.4 Å². The van der Waals surface area contributed by atoms with Gasteiger partial charge in [0.25, 0.3) is 5.91 Å². The van der Waals surface area contributed by atoms with Gasteiger partial charge in [0.1, 0.15) is 5.69 Å². The second-order valence-corrected chi connectivity index (χ2v) is 7.55. The second kappa shape index (κ2) is 7.43. The van der Waals surface area contributed by atoms with E-state index in [9.17, 15) is 9.90 Å². The van der Waals surface area contributed by atoms with E-state index in [2.05, 4.69) is 16.3 Å². The highest BCUT2D eigenvalue weighted by molar-refractivity contribution is 7.08. The Morgan fingerprint density at radius 2 is 2.19 bits per heavy atom. The summed E-state index contributed by atoms with van der Waals surface area (Å²) in [5, 5.41) is 20.5. The summed E-state index contributed by atoms with van der Waals surface area (Å²) in [6, 6.07) is 11.9. The number of likely N-dealkylation sites (tertiary alicyclic amines) is 1. The number of carbonyl (C=O) groups excluding carboxylic acids is 1. The number of hydrogen-bond donors (Lipinski definition) is 2. The van der Waals surface area contributed by atoms with Crippen molar-refractivity contribution in [2.75, 3.05) is 13.1 Å². The molecule has 2 N–H and O–H groups in total. The molecule has 6 heteroatoms. The molecule has 1 fully saturated rings. The Morgan fingerprint density at radius 3 is 3.00 bits per heavy atom. The minimum Gasteiger partial charge on any atom is -0.392 e. The zero-order valence-corrected chi connectivity index (χ0v) is 15.2. The van der Waals surface area contributed by atoms with Crippen LogP contribution in [0.4, 0.5) is 0 Å². The molecule has 1 aromatic carbocycles. The van der Waals surface area contributed by atoms with Crippen molar-refractivity contribution in [3.05, 3.63) is 64.0 Å². The van der Waals surface area contributed by atoms with Crippen molar-refractivity contribution in [3.63, 3.8) is 0 Å². The normalized spacial score (nSPS) is 17.0. The lowest BCUT2D eigenvalue weighted by atomic mass is 9.97. The molecule has 2 aromatic heterocycles. The number of aliphatic hydroxyl groups is 1. The number of aromatic nitrogens is 2. The van der Waals surface area contributed by atoms with E-state index in [0.29, 0.717) is 11.6 Å². The molecule has 134 valence electrons. The molecule has 1 amide bonds.